The molecule has 30 heavy (non-hydrogen) atoms. The number of hydrogen-bond donors (Lipinski definition) is 0. The van der Waals surface area contributed by atoms with Crippen LogP contribution < -0.4 is 0 Å². The minimum absolute atomic E-state index is 0.303. The van der Waals surface area contributed by atoms with Gasteiger partial charge in [-0.15, -0.1) is 0 Å². The van der Waals surface area contributed by atoms with Gasteiger partial charge >= 0.3 is 5.97 Å². The van der Waals surface area contributed by atoms with Gasteiger partial charge in [0.15, 0.2) is 11.3 Å². The molecule has 0 unspecified atom stereocenters. The summed E-state index contributed by atoms with van der Waals surface area (Å²) in [6.07, 6.45) is 1.69. The molecule has 0 radical (unpaired) electrons. The van der Waals surface area contributed by atoms with Gasteiger partial charge in [-0.05, 0) is 43.2 Å². The number of rotatable bonds is 4. The summed E-state index contributed by atoms with van der Waals surface area (Å²) < 4.78 is 9.36. The van der Waals surface area contributed by atoms with Crippen molar-refractivity contribution in [3.05, 3.63) is 90.4 Å². The monoisotopic (exact) mass is 395 g/mol. The fraction of sp³-hybridized carbons (Fsp3) is 0.120. The maximum absolute atomic E-state index is 12.7. The molecular weight excluding hydrogens is 374 g/mol. The van der Waals surface area contributed by atoms with E-state index in [0.717, 1.165) is 33.4 Å². The summed E-state index contributed by atoms with van der Waals surface area (Å²) in [5.74, 6) is -0.419. The highest BCUT2D eigenvalue weighted by Gasteiger charge is 2.23. The number of hydrogen-bond acceptors (Lipinski definition) is 3. The largest absolute Gasteiger partial charge is 0.461 e. The van der Waals surface area contributed by atoms with Gasteiger partial charge in [0.2, 0.25) is 0 Å². The van der Waals surface area contributed by atoms with Crippen molar-refractivity contribution in [1.29, 1.82) is 0 Å². The van der Waals surface area contributed by atoms with Crippen LogP contribution in [0.15, 0.2) is 79.1 Å². The van der Waals surface area contributed by atoms with Gasteiger partial charge in [0, 0.05) is 5.56 Å². The SMILES string of the molecule is CCOC(=O)c1ncn2c3ccccc3n(-c3cc(C)ccc3-c3ccccc3)c12. The third-order valence-electron chi connectivity index (χ3n) is 5.28. The molecule has 0 fully saturated rings. The number of esters is 1. The molecule has 2 heterocycles. The number of carbonyl (C=O) groups excluding carboxylic acids is 1. The van der Waals surface area contributed by atoms with Crippen LogP contribution in [0.1, 0.15) is 23.0 Å². The van der Waals surface area contributed by atoms with E-state index in [1.165, 1.54) is 0 Å². The number of ether oxygens (including phenoxy) is 1. The predicted octanol–water partition coefficient (Wildman–Crippen LogP) is 5.43. The molecule has 0 saturated heterocycles. The third kappa shape index (κ3) is 2.78. The fourth-order valence-corrected chi connectivity index (χ4v) is 3.98. The van der Waals surface area contributed by atoms with Crippen molar-refractivity contribution in [3.8, 4) is 16.8 Å². The number of benzene rings is 3. The van der Waals surface area contributed by atoms with Crippen molar-refractivity contribution in [3.63, 3.8) is 0 Å². The lowest BCUT2D eigenvalue weighted by atomic mass is 10.0. The van der Waals surface area contributed by atoms with Crippen LogP contribution in [-0.2, 0) is 4.74 Å². The van der Waals surface area contributed by atoms with Gasteiger partial charge in [0.1, 0.15) is 6.33 Å². The van der Waals surface area contributed by atoms with Gasteiger partial charge in [-0.25, -0.2) is 9.78 Å². The second-order valence-electron chi connectivity index (χ2n) is 7.22. The number of nitrogens with zero attached hydrogens (tertiary/aromatic N) is 3. The molecule has 0 atom stereocenters. The average Bonchev–Trinajstić information content (AvgIpc) is 3.33. The molecule has 0 aliphatic heterocycles. The molecule has 5 rings (SSSR count). The zero-order valence-electron chi connectivity index (χ0n) is 16.9. The first-order chi connectivity index (χ1) is 14.7. The van der Waals surface area contributed by atoms with Crippen LogP contribution in [0.3, 0.4) is 0 Å². The highest BCUT2D eigenvalue weighted by Crippen LogP contribution is 2.34. The molecule has 3 aromatic carbocycles. The summed E-state index contributed by atoms with van der Waals surface area (Å²) in [4.78, 5) is 17.1. The second-order valence-corrected chi connectivity index (χ2v) is 7.22. The van der Waals surface area contributed by atoms with Gasteiger partial charge in [-0.2, -0.15) is 0 Å². The van der Waals surface area contributed by atoms with Crippen LogP contribution in [0.5, 0.6) is 0 Å². The molecule has 0 bridgehead atoms. The Kier molecular flexibility index (Phi) is 4.36. The summed E-state index contributed by atoms with van der Waals surface area (Å²) >= 11 is 0. The van der Waals surface area contributed by atoms with Gasteiger partial charge < -0.3 is 4.74 Å². The summed E-state index contributed by atoms with van der Waals surface area (Å²) in [6.45, 7) is 4.18. The van der Waals surface area contributed by atoms with Crippen LogP contribution >= 0.6 is 0 Å². The van der Waals surface area contributed by atoms with E-state index in [2.05, 4.69) is 52.9 Å². The third-order valence-corrected chi connectivity index (χ3v) is 5.28. The van der Waals surface area contributed by atoms with E-state index >= 15 is 0 Å². The van der Waals surface area contributed by atoms with Crippen LogP contribution in [0.4, 0.5) is 0 Å². The highest BCUT2D eigenvalue weighted by atomic mass is 16.5. The van der Waals surface area contributed by atoms with Gasteiger partial charge in [0.25, 0.3) is 0 Å². The smallest absolute Gasteiger partial charge is 0.360 e. The minimum atomic E-state index is -0.419. The van der Waals surface area contributed by atoms with Crippen molar-refractivity contribution < 1.29 is 9.53 Å². The van der Waals surface area contributed by atoms with E-state index in [1.54, 1.807) is 13.3 Å². The Bertz CT molecular complexity index is 1380. The molecule has 148 valence electrons. The Hall–Kier alpha value is -3.86. The van der Waals surface area contributed by atoms with Gasteiger partial charge in [-0.1, -0.05) is 54.6 Å². The molecule has 0 aliphatic carbocycles. The first-order valence-corrected chi connectivity index (χ1v) is 9.99. The molecule has 2 aromatic heterocycles. The van der Waals surface area contributed by atoms with Crippen molar-refractivity contribution in [2.45, 2.75) is 13.8 Å². The number of fused-ring (bicyclic) bond motifs is 3. The van der Waals surface area contributed by atoms with Crippen molar-refractivity contribution in [1.82, 2.24) is 14.0 Å². The lowest BCUT2D eigenvalue weighted by molar-refractivity contribution is 0.0522. The van der Waals surface area contributed by atoms with Crippen LogP contribution in [-0.4, -0.2) is 26.5 Å². The highest BCUT2D eigenvalue weighted by molar-refractivity contribution is 5.99. The zero-order chi connectivity index (χ0) is 20.7. The average molecular weight is 395 g/mol. The van der Waals surface area contributed by atoms with E-state index in [4.69, 9.17) is 4.74 Å². The summed E-state index contributed by atoms with van der Waals surface area (Å²) in [5.41, 5.74) is 7.34. The molecule has 5 nitrogen and oxygen atoms in total. The molecule has 0 spiro atoms. The van der Waals surface area contributed by atoms with Crippen molar-refractivity contribution >= 4 is 22.6 Å². The van der Waals surface area contributed by atoms with Gasteiger partial charge in [0.05, 0.1) is 23.3 Å². The van der Waals surface area contributed by atoms with Crippen LogP contribution in [0.2, 0.25) is 0 Å². The molecule has 0 aliphatic rings. The Balaban J connectivity index is 1.90. The van der Waals surface area contributed by atoms with Crippen LogP contribution in [0.25, 0.3) is 33.5 Å². The van der Waals surface area contributed by atoms with Crippen molar-refractivity contribution in [2.24, 2.45) is 0 Å². The zero-order valence-corrected chi connectivity index (χ0v) is 16.9. The van der Waals surface area contributed by atoms with Crippen molar-refractivity contribution in [2.75, 3.05) is 6.61 Å². The van der Waals surface area contributed by atoms with E-state index in [9.17, 15) is 4.79 Å². The molecule has 0 saturated carbocycles. The number of carbonyl (C=O) groups is 1. The summed E-state index contributed by atoms with van der Waals surface area (Å²) in [6, 6.07) is 24.8. The number of imidazole rings is 2. The number of para-hydroxylation sites is 2. The molecule has 0 amide bonds. The topological polar surface area (TPSA) is 48.5 Å². The Morgan fingerprint density at radius 3 is 2.47 bits per heavy atom. The van der Waals surface area contributed by atoms with E-state index in [0.29, 0.717) is 17.9 Å². The molecular formula is C25H21N3O2. The van der Waals surface area contributed by atoms with Crippen LogP contribution in [0, 0.1) is 6.92 Å². The normalized spacial score (nSPS) is 11.3. The lowest BCUT2D eigenvalue weighted by Crippen LogP contribution is -2.08. The summed E-state index contributed by atoms with van der Waals surface area (Å²) in [7, 11) is 0. The molecule has 5 aromatic rings. The van der Waals surface area contributed by atoms with Gasteiger partial charge in [-0.3, -0.25) is 8.97 Å². The predicted molar refractivity (Wildman–Crippen MR) is 118 cm³/mol. The standard InChI is InChI=1S/C25H21N3O2/c1-3-30-25(29)23-24-27(16-26-23)20-11-7-8-12-21(20)28(24)22-15-17(2)13-14-19(22)18-9-5-4-6-10-18/h4-16H,3H2,1-2H3. The first kappa shape index (κ1) is 18.2. The van der Waals surface area contributed by atoms with E-state index in [1.807, 2.05) is 40.8 Å². The summed E-state index contributed by atoms with van der Waals surface area (Å²) in [5, 5.41) is 0. The van der Waals surface area contributed by atoms with E-state index < -0.39 is 5.97 Å². The molecule has 5 heteroatoms. The maximum Gasteiger partial charge on any atom is 0.360 e. The minimum Gasteiger partial charge on any atom is -0.461 e. The maximum atomic E-state index is 12.7. The Morgan fingerprint density at radius 1 is 0.967 bits per heavy atom. The fourth-order valence-electron chi connectivity index (χ4n) is 3.98. The first-order valence-electron chi connectivity index (χ1n) is 9.99. The number of aromatic nitrogens is 3. The number of aryl methyl sites for hydroxylation is 1. The van der Waals surface area contributed by atoms with E-state index in [-0.39, 0.29) is 0 Å². The second kappa shape index (κ2) is 7.19. The Morgan fingerprint density at radius 2 is 1.70 bits per heavy atom. The quantitative estimate of drug-likeness (QED) is 0.381. The Labute approximate surface area is 174 Å². The molecule has 0 N–H and O–H groups in total. The lowest BCUT2D eigenvalue weighted by Gasteiger charge is -2.14.